The molecule has 0 spiro atoms. The molecule has 0 aliphatic carbocycles. The highest BCUT2D eigenvalue weighted by molar-refractivity contribution is 7.99. The fraction of sp³-hybridized carbons (Fsp3) is 0.0769. The molecule has 3 nitrogen and oxygen atoms in total. The summed E-state index contributed by atoms with van der Waals surface area (Å²) in [5.41, 5.74) is 4.78. The molecule has 30 heavy (non-hydrogen) atoms. The van der Waals surface area contributed by atoms with Crippen LogP contribution in [0, 0.1) is 10.1 Å². The Hall–Kier alpha value is -3.37. The van der Waals surface area contributed by atoms with Gasteiger partial charge in [-0.1, -0.05) is 103 Å². The highest BCUT2D eigenvalue weighted by Gasteiger charge is 2.36. The molecule has 4 heteroatoms. The molecule has 4 rings (SSSR count). The average Bonchev–Trinajstić information content (AvgIpc) is 2.82. The lowest BCUT2D eigenvalue weighted by Gasteiger charge is -2.35. The zero-order valence-electron chi connectivity index (χ0n) is 16.3. The predicted molar refractivity (Wildman–Crippen MR) is 124 cm³/mol. The van der Waals surface area contributed by atoms with Gasteiger partial charge in [0.2, 0.25) is 0 Å². The summed E-state index contributed by atoms with van der Waals surface area (Å²) in [6, 6.07) is 38.4. The summed E-state index contributed by atoms with van der Waals surface area (Å²) >= 11 is 1.83. The maximum Gasteiger partial charge on any atom is 0.269 e. The Balaban J connectivity index is 1.81. The van der Waals surface area contributed by atoms with Gasteiger partial charge in [0.15, 0.2) is 0 Å². The van der Waals surface area contributed by atoms with E-state index in [0.717, 1.165) is 11.3 Å². The van der Waals surface area contributed by atoms with Gasteiger partial charge in [0.1, 0.15) is 0 Å². The minimum atomic E-state index is -0.397. The van der Waals surface area contributed by atoms with E-state index in [1.165, 1.54) is 16.7 Å². The van der Waals surface area contributed by atoms with E-state index in [2.05, 4.69) is 72.8 Å². The van der Waals surface area contributed by atoms with Gasteiger partial charge in [0.25, 0.3) is 5.69 Å². The Morgan fingerprint density at radius 3 is 1.40 bits per heavy atom. The van der Waals surface area contributed by atoms with Crippen molar-refractivity contribution in [2.75, 3.05) is 0 Å². The van der Waals surface area contributed by atoms with E-state index in [1.54, 1.807) is 12.1 Å². The van der Waals surface area contributed by atoms with Gasteiger partial charge in [0, 0.05) is 17.9 Å². The maximum absolute atomic E-state index is 11.0. The topological polar surface area (TPSA) is 43.1 Å². The summed E-state index contributed by atoms with van der Waals surface area (Å²) in [6.07, 6.45) is 0. The molecule has 0 aliphatic heterocycles. The molecule has 0 N–H and O–H groups in total. The van der Waals surface area contributed by atoms with E-state index in [4.69, 9.17) is 0 Å². The molecule has 0 atom stereocenters. The van der Waals surface area contributed by atoms with Crippen molar-refractivity contribution in [3.63, 3.8) is 0 Å². The summed E-state index contributed by atoms with van der Waals surface area (Å²) in [5.74, 6) is 0.719. The first kappa shape index (κ1) is 19.9. The molecule has 0 unspecified atom stereocenters. The zero-order valence-corrected chi connectivity index (χ0v) is 17.2. The SMILES string of the molecule is O=[N+]([O-])c1ccc(CSC(c2ccccc2)(c2ccccc2)c2ccccc2)cc1. The van der Waals surface area contributed by atoms with Crippen LogP contribution in [-0.2, 0) is 10.5 Å². The number of non-ortho nitro benzene ring substituents is 1. The number of nitro groups is 1. The van der Waals surface area contributed by atoms with Crippen molar-refractivity contribution in [3.05, 3.63) is 148 Å². The lowest BCUT2D eigenvalue weighted by Crippen LogP contribution is -2.25. The van der Waals surface area contributed by atoms with Gasteiger partial charge >= 0.3 is 0 Å². The molecule has 0 heterocycles. The van der Waals surface area contributed by atoms with Crippen molar-refractivity contribution in [1.29, 1.82) is 0 Å². The molecule has 0 amide bonds. The molecular weight excluding hydrogens is 390 g/mol. The molecular formula is C26H21NO2S. The molecule has 0 radical (unpaired) electrons. The van der Waals surface area contributed by atoms with Crippen LogP contribution in [-0.4, -0.2) is 4.92 Å². The van der Waals surface area contributed by atoms with Crippen molar-refractivity contribution in [3.8, 4) is 0 Å². The molecule has 4 aromatic carbocycles. The standard InChI is InChI=1S/C26H21NO2S/c28-27(29)25-18-16-21(17-19-25)20-30-26(22-10-4-1-5-11-22,23-12-6-2-7-13-23)24-14-8-3-9-15-24/h1-19H,20H2. The number of benzene rings is 4. The van der Waals surface area contributed by atoms with E-state index >= 15 is 0 Å². The zero-order chi connectivity index (χ0) is 20.8. The lowest BCUT2D eigenvalue weighted by atomic mass is 9.84. The van der Waals surface area contributed by atoms with Gasteiger partial charge < -0.3 is 0 Å². The number of hydrogen-bond acceptors (Lipinski definition) is 3. The molecule has 0 aliphatic rings. The summed E-state index contributed by atoms with van der Waals surface area (Å²) in [4.78, 5) is 10.6. The molecule has 0 aromatic heterocycles. The number of rotatable bonds is 7. The number of hydrogen-bond donors (Lipinski definition) is 0. The first-order chi connectivity index (χ1) is 14.7. The Kier molecular flexibility index (Phi) is 5.96. The second kappa shape index (κ2) is 8.97. The van der Waals surface area contributed by atoms with Crippen molar-refractivity contribution < 1.29 is 4.92 Å². The molecule has 148 valence electrons. The second-order valence-corrected chi connectivity index (χ2v) is 8.18. The van der Waals surface area contributed by atoms with Crippen molar-refractivity contribution in [2.45, 2.75) is 10.5 Å². The van der Waals surface area contributed by atoms with Crippen LogP contribution in [0.4, 0.5) is 5.69 Å². The summed E-state index contributed by atoms with van der Waals surface area (Å²) in [5, 5.41) is 11.0. The largest absolute Gasteiger partial charge is 0.269 e. The number of nitro benzene ring substituents is 1. The average molecular weight is 412 g/mol. The van der Waals surface area contributed by atoms with E-state index in [9.17, 15) is 10.1 Å². The normalized spacial score (nSPS) is 11.2. The van der Waals surface area contributed by atoms with Gasteiger partial charge in [-0.25, -0.2) is 0 Å². The quantitative estimate of drug-likeness (QED) is 0.190. The van der Waals surface area contributed by atoms with Gasteiger partial charge in [0.05, 0.1) is 9.67 Å². The van der Waals surface area contributed by atoms with E-state index in [-0.39, 0.29) is 10.6 Å². The van der Waals surface area contributed by atoms with Crippen LogP contribution in [0.2, 0.25) is 0 Å². The molecule has 4 aromatic rings. The minimum Gasteiger partial charge on any atom is -0.258 e. The third-order valence-corrected chi connectivity index (χ3v) is 6.76. The van der Waals surface area contributed by atoms with Crippen LogP contribution in [0.3, 0.4) is 0 Å². The first-order valence-electron chi connectivity index (χ1n) is 9.74. The van der Waals surface area contributed by atoms with Crippen molar-refractivity contribution in [2.24, 2.45) is 0 Å². The van der Waals surface area contributed by atoms with E-state index < -0.39 is 4.75 Å². The van der Waals surface area contributed by atoms with Gasteiger partial charge in [-0.2, -0.15) is 0 Å². The lowest BCUT2D eigenvalue weighted by molar-refractivity contribution is -0.384. The Labute approximate surface area is 180 Å². The number of nitrogens with zero attached hydrogens (tertiary/aromatic N) is 1. The van der Waals surface area contributed by atoms with Crippen LogP contribution in [0.25, 0.3) is 0 Å². The smallest absolute Gasteiger partial charge is 0.258 e. The molecule has 0 bridgehead atoms. The molecule has 0 fully saturated rings. The van der Waals surface area contributed by atoms with Crippen LogP contribution >= 0.6 is 11.8 Å². The first-order valence-corrected chi connectivity index (χ1v) is 10.7. The van der Waals surface area contributed by atoms with Crippen LogP contribution in [0.15, 0.2) is 115 Å². The summed E-state index contributed by atoms with van der Waals surface area (Å²) < 4.78 is -0.397. The predicted octanol–water partition coefficient (Wildman–Crippen LogP) is 6.82. The van der Waals surface area contributed by atoms with Crippen LogP contribution < -0.4 is 0 Å². The summed E-state index contributed by atoms with van der Waals surface area (Å²) in [6.45, 7) is 0. The van der Waals surface area contributed by atoms with Gasteiger partial charge in [-0.05, 0) is 22.3 Å². The van der Waals surface area contributed by atoms with Crippen molar-refractivity contribution in [1.82, 2.24) is 0 Å². The van der Waals surface area contributed by atoms with Crippen LogP contribution in [0.5, 0.6) is 0 Å². The third-order valence-electron chi connectivity index (χ3n) is 5.14. The minimum absolute atomic E-state index is 0.115. The fourth-order valence-corrected chi connectivity index (χ4v) is 5.16. The Morgan fingerprint density at radius 2 is 1.03 bits per heavy atom. The highest BCUT2D eigenvalue weighted by Crippen LogP contribution is 2.49. The fourth-order valence-electron chi connectivity index (χ4n) is 3.67. The van der Waals surface area contributed by atoms with Crippen molar-refractivity contribution >= 4 is 17.4 Å². The van der Waals surface area contributed by atoms with Gasteiger partial charge in [-0.15, -0.1) is 11.8 Å². The molecule has 0 saturated heterocycles. The summed E-state index contributed by atoms with van der Waals surface area (Å²) in [7, 11) is 0. The van der Waals surface area contributed by atoms with Crippen LogP contribution in [0.1, 0.15) is 22.3 Å². The monoisotopic (exact) mass is 411 g/mol. The highest BCUT2D eigenvalue weighted by atomic mass is 32.2. The Morgan fingerprint density at radius 1 is 0.633 bits per heavy atom. The van der Waals surface area contributed by atoms with E-state index in [0.29, 0.717) is 0 Å². The third kappa shape index (κ3) is 4.00. The Bertz CT molecular complexity index is 1000. The second-order valence-electron chi connectivity index (χ2n) is 6.99. The number of thioether (sulfide) groups is 1. The van der Waals surface area contributed by atoms with E-state index in [1.807, 2.05) is 42.1 Å². The maximum atomic E-state index is 11.0. The molecule has 0 saturated carbocycles. The van der Waals surface area contributed by atoms with Gasteiger partial charge in [-0.3, -0.25) is 10.1 Å².